The first kappa shape index (κ1) is 16.3. The fourth-order valence-corrected chi connectivity index (χ4v) is 3.59. The van der Waals surface area contributed by atoms with Gasteiger partial charge in [-0.25, -0.2) is 8.42 Å². The summed E-state index contributed by atoms with van der Waals surface area (Å²) in [6.45, 7) is 0. The fraction of sp³-hybridized carbons (Fsp3) is 0.100. The van der Waals surface area contributed by atoms with E-state index in [-0.39, 0.29) is 5.75 Å². The Kier molecular flexibility index (Phi) is 4.96. The number of anilines is 1. The van der Waals surface area contributed by atoms with Gasteiger partial charge in [-0.05, 0) is 35.2 Å². The minimum Gasteiger partial charge on any atom is -0.284 e. The van der Waals surface area contributed by atoms with Crippen LogP contribution in [0.2, 0.25) is 0 Å². The number of para-hydroxylation sites is 1. The maximum absolute atomic E-state index is 12.2. The average Bonchev–Trinajstić information content (AvgIpc) is 2.62. The molecule has 3 aromatic carbocycles. The van der Waals surface area contributed by atoms with Crippen LogP contribution in [0.1, 0.15) is 5.56 Å². The highest BCUT2D eigenvalue weighted by molar-refractivity contribution is 7.92. The molecular weight excluding hydrogens is 318 g/mol. The molecule has 0 atom stereocenters. The van der Waals surface area contributed by atoms with Crippen LogP contribution in [-0.4, -0.2) is 14.2 Å². The molecule has 0 saturated carbocycles. The summed E-state index contributed by atoms with van der Waals surface area (Å²) in [5.74, 6) is 0.0621. The molecule has 24 heavy (non-hydrogen) atoms. The van der Waals surface area contributed by atoms with Gasteiger partial charge in [-0.1, -0.05) is 72.8 Å². The van der Waals surface area contributed by atoms with E-state index in [1.54, 1.807) is 24.3 Å². The summed E-state index contributed by atoms with van der Waals surface area (Å²) in [5.41, 5.74) is 3.89. The van der Waals surface area contributed by atoms with E-state index in [1.165, 1.54) is 0 Å². The molecule has 0 heterocycles. The van der Waals surface area contributed by atoms with Crippen LogP contribution in [0.3, 0.4) is 0 Å². The van der Waals surface area contributed by atoms with Crippen LogP contribution in [0.15, 0.2) is 84.9 Å². The molecule has 0 aliphatic carbocycles. The third kappa shape index (κ3) is 4.46. The molecule has 0 spiro atoms. The van der Waals surface area contributed by atoms with Crippen LogP contribution >= 0.6 is 0 Å². The molecule has 0 aliphatic heterocycles. The SMILES string of the molecule is O=S(=O)(CCc1ccc(-c2ccccc2)cc1)Nc1ccccc1. The maximum Gasteiger partial charge on any atom is 0.233 e. The molecule has 0 unspecified atom stereocenters. The van der Waals surface area contributed by atoms with E-state index in [4.69, 9.17) is 0 Å². The molecule has 0 radical (unpaired) electrons. The number of aryl methyl sites for hydroxylation is 1. The Labute approximate surface area is 143 Å². The zero-order chi connectivity index (χ0) is 16.8. The Hall–Kier alpha value is -2.59. The second-order valence-electron chi connectivity index (χ2n) is 5.60. The molecule has 0 aliphatic rings. The van der Waals surface area contributed by atoms with Crippen LogP contribution in [0, 0.1) is 0 Å². The number of nitrogens with one attached hydrogen (secondary N) is 1. The molecule has 3 rings (SSSR count). The molecule has 0 saturated heterocycles. The molecule has 3 nitrogen and oxygen atoms in total. The van der Waals surface area contributed by atoms with Crippen LogP contribution in [0.5, 0.6) is 0 Å². The summed E-state index contributed by atoms with van der Waals surface area (Å²) in [4.78, 5) is 0. The summed E-state index contributed by atoms with van der Waals surface area (Å²) in [6, 6.07) is 27.1. The summed E-state index contributed by atoms with van der Waals surface area (Å²) in [5, 5.41) is 0. The van der Waals surface area contributed by atoms with Crippen molar-refractivity contribution in [3.05, 3.63) is 90.5 Å². The monoisotopic (exact) mass is 337 g/mol. The molecule has 4 heteroatoms. The summed E-state index contributed by atoms with van der Waals surface area (Å²) < 4.78 is 26.9. The first-order valence-corrected chi connectivity index (χ1v) is 9.47. The Balaban J connectivity index is 1.62. The Morgan fingerprint density at radius 3 is 1.83 bits per heavy atom. The minimum absolute atomic E-state index is 0.0621. The van der Waals surface area contributed by atoms with E-state index in [1.807, 2.05) is 48.5 Å². The second-order valence-corrected chi connectivity index (χ2v) is 7.44. The highest BCUT2D eigenvalue weighted by Gasteiger charge is 2.10. The highest BCUT2D eigenvalue weighted by atomic mass is 32.2. The lowest BCUT2D eigenvalue weighted by Gasteiger charge is -2.08. The molecule has 1 N–H and O–H groups in total. The van der Waals surface area contributed by atoms with Gasteiger partial charge in [0.1, 0.15) is 0 Å². The molecule has 122 valence electrons. The average molecular weight is 337 g/mol. The van der Waals surface area contributed by atoms with Gasteiger partial charge < -0.3 is 0 Å². The van der Waals surface area contributed by atoms with Crippen LogP contribution in [0.25, 0.3) is 11.1 Å². The number of benzene rings is 3. The Bertz CT molecular complexity index is 874. The van der Waals surface area contributed by atoms with E-state index in [0.29, 0.717) is 12.1 Å². The highest BCUT2D eigenvalue weighted by Crippen LogP contribution is 2.19. The molecular formula is C20H19NO2S. The van der Waals surface area contributed by atoms with Gasteiger partial charge in [-0.3, -0.25) is 4.72 Å². The van der Waals surface area contributed by atoms with Gasteiger partial charge in [-0.15, -0.1) is 0 Å². The Morgan fingerprint density at radius 2 is 1.21 bits per heavy atom. The van der Waals surface area contributed by atoms with Gasteiger partial charge in [0, 0.05) is 5.69 Å². The molecule has 0 aromatic heterocycles. The van der Waals surface area contributed by atoms with Gasteiger partial charge in [0.2, 0.25) is 10.0 Å². The van der Waals surface area contributed by atoms with Crippen molar-refractivity contribution < 1.29 is 8.42 Å². The van der Waals surface area contributed by atoms with Crippen LogP contribution in [0.4, 0.5) is 5.69 Å². The third-order valence-electron chi connectivity index (χ3n) is 3.77. The van der Waals surface area contributed by atoms with Gasteiger partial charge in [0.15, 0.2) is 0 Å². The normalized spacial score (nSPS) is 11.2. The van der Waals surface area contributed by atoms with Crippen molar-refractivity contribution in [3.8, 4) is 11.1 Å². The molecule has 0 amide bonds. The second kappa shape index (κ2) is 7.32. The van der Waals surface area contributed by atoms with Crippen LogP contribution in [-0.2, 0) is 16.4 Å². The van der Waals surface area contributed by atoms with E-state index >= 15 is 0 Å². The minimum atomic E-state index is -3.35. The van der Waals surface area contributed by atoms with Gasteiger partial charge in [-0.2, -0.15) is 0 Å². The predicted molar refractivity (Wildman–Crippen MR) is 99.4 cm³/mol. The lowest BCUT2D eigenvalue weighted by molar-refractivity contribution is 0.600. The summed E-state index contributed by atoms with van der Waals surface area (Å²) in [7, 11) is -3.35. The molecule has 0 bridgehead atoms. The van der Waals surface area contributed by atoms with Crippen molar-refractivity contribution >= 4 is 15.7 Å². The number of hydrogen-bond acceptors (Lipinski definition) is 2. The largest absolute Gasteiger partial charge is 0.284 e. The van der Waals surface area contributed by atoms with Gasteiger partial charge in [0.05, 0.1) is 5.75 Å². The zero-order valence-corrected chi connectivity index (χ0v) is 14.0. The summed E-state index contributed by atoms with van der Waals surface area (Å²) in [6.07, 6.45) is 0.483. The standard InChI is InChI=1S/C20H19NO2S/c22-24(23,21-20-9-5-2-6-10-20)16-15-17-11-13-19(14-12-17)18-7-3-1-4-8-18/h1-14,21H,15-16H2. The quantitative estimate of drug-likeness (QED) is 0.727. The van der Waals surface area contributed by atoms with Crippen molar-refractivity contribution in [2.75, 3.05) is 10.5 Å². The first-order chi connectivity index (χ1) is 11.6. The fourth-order valence-electron chi connectivity index (χ4n) is 2.48. The topological polar surface area (TPSA) is 46.2 Å². The summed E-state index contributed by atoms with van der Waals surface area (Å²) >= 11 is 0. The smallest absolute Gasteiger partial charge is 0.233 e. The van der Waals surface area contributed by atoms with E-state index in [0.717, 1.165) is 16.7 Å². The lowest BCUT2D eigenvalue weighted by Crippen LogP contribution is -2.18. The van der Waals surface area contributed by atoms with E-state index in [2.05, 4.69) is 16.9 Å². The third-order valence-corrected chi connectivity index (χ3v) is 5.06. The van der Waals surface area contributed by atoms with Gasteiger partial charge >= 0.3 is 0 Å². The van der Waals surface area contributed by atoms with Crippen LogP contribution < -0.4 is 4.72 Å². The predicted octanol–water partition coefficient (Wildman–Crippen LogP) is 4.34. The van der Waals surface area contributed by atoms with Crippen molar-refractivity contribution in [1.82, 2.24) is 0 Å². The molecule has 0 fully saturated rings. The first-order valence-electron chi connectivity index (χ1n) is 7.82. The number of rotatable bonds is 6. The van der Waals surface area contributed by atoms with Crippen molar-refractivity contribution in [2.24, 2.45) is 0 Å². The van der Waals surface area contributed by atoms with Crippen molar-refractivity contribution in [1.29, 1.82) is 0 Å². The zero-order valence-electron chi connectivity index (χ0n) is 13.2. The van der Waals surface area contributed by atoms with Crippen molar-refractivity contribution in [2.45, 2.75) is 6.42 Å². The number of sulfonamides is 1. The number of hydrogen-bond donors (Lipinski definition) is 1. The van der Waals surface area contributed by atoms with E-state index in [9.17, 15) is 8.42 Å². The maximum atomic E-state index is 12.2. The van der Waals surface area contributed by atoms with Gasteiger partial charge in [0.25, 0.3) is 0 Å². The Morgan fingerprint density at radius 1 is 0.667 bits per heavy atom. The lowest BCUT2D eigenvalue weighted by atomic mass is 10.0. The molecule has 3 aromatic rings. The van der Waals surface area contributed by atoms with Crippen molar-refractivity contribution in [3.63, 3.8) is 0 Å². The van der Waals surface area contributed by atoms with E-state index < -0.39 is 10.0 Å².